The fourth-order valence-corrected chi connectivity index (χ4v) is 4.30. The van der Waals surface area contributed by atoms with Crippen LogP contribution < -0.4 is 5.32 Å². The van der Waals surface area contributed by atoms with Crippen molar-refractivity contribution >= 4 is 34.5 Å². The first-order valence-electron chi connectivity index (χ1n) is 7.90. The zero-order valence-corrected chi connectivity index (χ0v) is 14.6. The van der Waals surface area contributed by atoms with Crippen LogP contribution in [0.1, 0.15) is 25.7 Å². The summed E-state index contributed by atoms with van der Waals surface area (Å²) in [5.74, 6) is 0.611. The third-order valence-corrected chi connectivity index (χ3v) is 5.64. The van der Waals surface area contributed by atoms with E-state index in [9.17, 15) is 4.79 Å². The Balaban J connectivity index is 1.45. The number of hydrogen-bond acceptors (Lipinski definition) is 6. The second kappa shape index (κ2) is 7.61. The molecule has 0 unspecified atom stereocenters. The van der Waals surface area contributed by atoms with Gasteiger partial charge in [0.25, 0.3) is 0 Å². The summed E-state index contributed by atoms with van der Waals surface area (Å²) in [5, 5.41) is 4.17. The summed E-state index contributed by atoms with van der Waals surface area (Å²) in [4.78, 5) is 21.0. The van der Waals surface area contributed by atoms with Gasteiger partial charge in [-0.3, -0.25) is 5.32 Å². The van der Waals surface area contributed by atoms with Crippen molar-refractivity contribution in [3.05, 3.63) is 0 Å². The predicted molar refractivity (Wildman–Crippen MR) is 90.7 cm³/mol. The largest absolute Gasteiger partial charge is 0.324 e. The van der Waals surface area contributed by atoms with E-state index in [-0.39, 0.29) is 6.03 Å². The third kappa shape index (κ3) is 4.11. The summed E-state index contributed by atoms with van der Waals surface area (Å²) in [6.07, 6.45) is 7.06. The van der Waals surface area contributed by atoms with Gasteiger partial charge in [0.15, 0.2) is 0 Å². The number of anilines is 1. The van der Waals surface area contributed by atoms with E-state index >= 15 is 0 Å². The van der Waals surface area contributed by atoms with E-state index in [1.807, 2.05) is 11.2 Å². The molecule has 3 heterocycles. The van der Waals surface area contributed by atoms with Crippen LogP contribution in [-0.2, 0) is 0 Å². The number of amides is 2. The number of thioether (sulfide) groups is 1. The second-order valence-corrected chi connectivity index (χ2v) is 7.50. The molecule has 2 aliphatic heterocycles. The molecule has 3 rings (SSSR count). The highest BCUT2D eigenvalue weighted by Crippen LogP contribution is 2.22. The fraction of sp³-hybridized carbons (Fsp3) is 0.786. The Morgan fingerprint density at radius 2 is 2.18 bits per heavy atom. The van der Waals surface area contributed by atoms with E-state index in [2.05, 4.69) is 19.6 Å². The molecule has 2 amide bonds. The molecule has 1 aromatic heterocycles. The number of carbonyl (C=O) groups excluding carboxylic acids is 1. The summed E-state index contributed by atoms with van der Waals surface area (Å²) >= 11 is 2.73. The van der Waals surface area contributed by atoms with Gasteiger partial charge in [0.1, 0.15) is 0 Å². The average Bonchev–Trinajstić information content (AvgIpc) is 3.17. The Bertz CT molecular complexity index is 503. The van der Waals surface area contributed by atoms with Gasteiger partial charge in [-0.2, -0.15) is 9.36 Å². The lowest BCUT2D eigenvalue weighted by atomic mass is 10.1. The van der Waals surface area contributed by atoms with Gasteiger partial charge < -0.3 is 9.80 Å². The first-order valence-corrected chi connectivity index (χ1v) is 9.90. The van der Waals surface area contributed by atoms with Crippen molar-refractivity contribution in [1.29, 1.82) is 0 Å². The maximum atomic E-state index is 12.3. The Kier molecular flexibility index (Phi) is 5.54. The molecular weight excluding hydrogens is 318 g/mol. The molecule has 0 aromatic carbocycles. The van der Waals surface area contributed by atoms with Gasteiger partial charge in [-0.1, -0.05) is 18.2 Å². The maximum absolute atomic E-state index is 12.3. The molecule has 1 atom stereocenters. The van der Waals surface area contributed by atoms with Crippen LogP contribution >= 0.6 is 23.3 Å². The van der Waals surface area contributed by atoms with Crippen LogP contribution in [0.25, 0.3) is 0 Å². The standard InChI is InChI=1S/C14H23N5OS2/c1-21-13-15-12(22-17-13)16-14(20)19-8-5-11(10-19)9-18-6-3-2-4-7-18/h11H,2-10H2,1H3,(H,15,16,17,20)/t11-/m1/s1. The van der Waals surface area contributed by atoms with Gasteiger partial charge in [0.2, 0.25) is 10.3 Å². The lowest BCUT2D eigenvalue weighted by Crippen LogP contribution is -2.37. The van der Waals surface area contributed by atoms with Crippen LogP contribution in [0.3, 0.4) is 0 Å². The van der Waals surface area contributed by atoms with Crippen LogP contribution in [0.2, 0.25) is 0 Å². The summed E-state index contributed by atoms with van der Waals surface area (Å²) in [6.45, 7) is 5.30. The molecule has 2 saturated heterocycles. The van der Waals surface area contributed by atoms with Gasteiger partial charge in [0.05, 0.1) is 0 Å². The Labute approximate surface area is 139 Å². The Morgan fingerprint density at radius 1 is 1.36 bits per heavy atom. The zero-order chi connectivity index (χ0) is 15.4. The second-order valence-electron chi connectivity index (χ2n) is 5.98. The number of nitrogens with one attached hydrogen (secondary N) is 1. The van der Waals surface area contributed by atoms with Crippen molar-refractivity contribution in [2.24, 2.45) is 5.92 Å². The van der Waals surface area contributed by atoms with Crippen molar-refractivity contribution < 1.29 is 4.79 Å². The molecule has 2 fully saturated rings. The van der Waals surface area contributed by atoms with Gasteiger partial charge >= 0.3 is 6.03 Å². The van der Waals surface area contributed by atoms with Crippen LogP contribution in [0, 0.1) is 5.92 Å². The number of rotatable bonds is 4. The SMILES string of the molecule is CSc1nsc(NC(=O)N2CC[C@H](CN3CCCCC3)C2)n1. The van der Waals surface area contributed by atoms with E-state index < -0.39 is 0 Å². The summed E-state index contributed by atoms with van der Waals surface area (Å²) in [5.41, 5.74) is 0. The van der Waals surface area contributed by atoms with Crippen molar-refractivity contribution in [2.75, 3.05) is 44.3 Å². The van der Waals surface area contributed by atoms with E-state index in [1.54, 1.807) is 0 Å². The number of urea groups is 1. The molecular formula is C14H23N5OS2. The van der Waals surface area contributed by atoms with Crippen LogP contribution in [-0.4, -0.2) is 64.2 Å². The fourth-order valence-electron chi connectivity index (χ4n) is 3.19. The minimum absolute atomic E-state index is 0.0371. The molecule has 122 valence electrons. The van der Waals surface area contributed by atoms with Gasteiger partial charge in [-0.25, -0.2) is 4.79 Å². The molecule has 22 heavy (non-hydrogen) atoms. The number of likely N-dealkylation sites (tertiary alicyclic amines) is 2. The van der Waals surface area contributed by atoms with Gasteiger partial charge in [0, 0.05) is 31.2 Å². The van der Waals surface area contributed by atoms with Gasteiger partial charge in [-0.15, -0.1) is 0 Å². The Hall–Kier alpha value is -0.860. The average molecular weight is 342 g/mol. The summed E-state index contributed by atoms with van der Waals surface area (Å²) in [6, 6.07) is -0.0371. The monoisotopic (exact) mass is 341 g/mol. The highest BCUT2D eigenvalue weighted by molar-refractivity contribution is 7.98. The van der Waals surface area contributed by atoms with Crippen molar-refractivity contribution in [2.45, 2.75) is 30.8 Å². The molecule has 0 bridgehead atoms. The number of carbonyl (C=O) groups is 1. The third-order valence-electron chi connectivity index (χ3n) is 4.34. The molecule has 6 nitrogen and oxygen atoms in total. The first-order chi connectivity index (χ1) is 10.7. The summed E-state index contributed by atoms with van der Waals surface area (Å²) in [7, 11) is 0. The molecule has 0 spiro atoms. The smallest absolute Gasteiger partial charge is 0.323 e. The maximum Gasteiger partial charge on any atom is 0.323 e. The number of aromatic nitrogens is 2. The quantitative estimate of drug-likeness (QED) is 0.853. The normalized spacial score (nSPS) is 23.0. The topological polar surface area (TPSA) is 61.4 Å². The van der Waals surface area contributed by atoms with E-state index in [1.165, 1.54) is 55.6 Å². The minimum Gasteiger partial charge on any atom is -0.324 e. The molecule has 8 heteroatoms. The highest BCUT2D eigenvalue weighted by atomic mass is 32.2. The van der Waals surface area contributed by atoms with Crippen LogP contribution in [0.5, 0.6) is 0 Å². The molecule has 1 aromatic rings. The molecule has 0 aliphatic carbocycles. The molecule has 0 saturated carbocycles. The zero-order valence-electron chi connectivity index (χ0n) is 13.0. The summed E-state index contributed by atoms with van der Waals surface area (Å²) < 4.78 is 4.16. The minimum atomic E-state index is -0.0371. The van der Waals surface area contributed by atoms with Gasteiger partial charge in [-0.05, 0) is 44.5 Å². The van der Waals surface area contributed by atoms with Crippen LogP contribution in [0.15, 0.2) is 5.16 Å². The van der Waals surface area contributed by atoms with Crippen molar-refractivity contribution in [3.63, 3.8) is 0 Å². The van der Waals surface area contributed by atoms with Crippen molar-refractivity contribution in [3.8, 4) is 0 Å². The first kappa shape index (κ1) is 16.0. The number of nitrogens with zero attached hydrogens (tertiary/aromatic N) is 4. The predicted octanol–water partition coefficient (Wildman–Crippen LogP) is 2.60. The van der Waals surface area contributed by atoms with E-state index in [4.69, 9.17) is 0 Å². The number of hydrogen-bond donors (Lipinski definition) is 1. The van der Waals surface area contributed by atoms with Crippen LogP contribution in [0.4, 0.5) is 9.93 Å². The van der Waals surface area contributed by atoms with E-state index in [0.29, 0.717) is 16.2 Å². The number of piperidine rings is 1. The van der Waals surface area contributed by atoms with Crippen molar-refractivity contribution in [1.82, 2.24) is 19.2 Å². The lowest BCUT2D eigenvalue weighted by Gasteiger charge is -2.28. The molecule has 2 aliphatic rings. The Morgan fingerprint density at radius 3 is 2.91 bits per heavy atom. The highest BCUT2D eigenvalue weighted by Gasteiger charge is 2.28. The van der Waals surface area contributed by atoms with E-state index in [0.717, 1.165) is 26.1 Å². The molecule has 0 radical (unpaired) electrons. The lowest BCUT2D eigenvalue weighted by molar-refractivity contribution is 0.192. The molecule has 1 N–H and O–H groups in total.